The number of amidine groups is 1. The van der Waals surface area contributed by atoms with E-state index in [0.29, 0.717) is 12.2 Å². The minimum Gasteiger partial charge on any atom is -0.492 e. The van der Waals surface area contributed by atoms with Gasteiger partial charge in [0, 0.05) is 17.5 Å². The largest absolute Gasteiger partial charge is 0.492 e. The second kappa shape index (κ2) is 6.42. The van der Waals surface area contributed by atoms with Crippen LogP contribution in [0.25, 0.3) is 0 Å². The van der Waals surface area contributed by atoms with Crippen LogP contribution >= 0.6 is 11.6 Å². The van der Waals surface area contributed by atoms with E-state index in [0.717, 1.165) is 0 Å². The molecular formula is C12H16ClN3O4. The lowest BCUT2D eigenvalue weighted by Crippen LogP contribution is -2.33. The molecule has 1 aromatic rings. The Morgan fingerprint density at radius 1 is 1.60 bits per heavy atom. The van der Waals surface area contributed by atoms with Crippen molar-refractivity contribution in [3.05, 3.63) is 33.3 Å². The van der Waals surface area contributed by atoms with Crippen LogP contribution in [0.5, 0.6) is 5.75 Å². The van der Waals surface area contributed by atoms with Crippen molar-refractivity contribution < 1.29 is 14.9 Å². The fourth-order valence-electron chi connectivity index (χ4n) is 1.40. The SMILES string of the molecule is CC(C)(CCOc1ccc([N+](=O)[O-])cc1Cl)C(N)=NO. The average Bonchev–Trinajstić information content (AvgIpc) is 2.39. The van der Waals surface area contributed by atoms with Crippen LogP contribution in [0.3, 0.4) is 0 Å². The van der Waals surface area contributed by atoms with Crippen molar-refractivity contribution in [1.82, 2.24) is 0 Å². The molecule has 0 saturated heterocycles. The van der Waals surface area contributed by atoms with Crippen LogP contribution in [0.1, 0.15) is 20.3 Å². The molecule has 0 aliphatic carbocycles. The zero-order valence-corrected chi connectivity index (χ0v) is 11.9. The molecule has 0 saturated carbocycles. The minimum absolute atomic E-state index is 0.0978. The summed E-state index contributed by atoms with van der Waals surface area (Å²) in [5.41, 5.74) is 4.93. The molecule has 0 radical (unpaired) electrons. The van der Waals surface area contributed by atoms with Gasteiger partial charge in [-0.3, -0.25) is 10.1 Å². The van der Waals surface area contributed by atoms with Gasteiger partial charge in [0.15, 0.2) is 0 Å². The van der Waals surface area contributed by atoms with Crippen LogP contribution < -0.4 is 10.5 Å². The first-order valence-electron chi connectivity index (χ1n) is 5.82. The Morgan fingerprint density at radius 2 is 2.25 bits per heavy atom. The minimum atomic E-state index is -0.531. The van der Waals surface area contributed by atoms with Gasteiger partial charge < -0.3 is 15.7 Å². The fourth-order valence-corrected chi connectivity index (χ4v) is 1.63. The highest BCUT2D eigenvalue weighted by Gasteiger charge is 2.23. The maximum absolute atomic E-state index is 10.6. The summed E-state index contributed by atoms with van der Waals surface area (Å²) in [5, 5.41) is 22.4. The van der Waals surface area contributed by atoms with E-state index in [1.165, 1.54) is 18.2 Å². The number of hydrogen-bond donors (Lipinski definition) is 2. The smallest absolute Gasteiger partial charge is 0.271 e. The number of non-ortho nitro benzene ring substituents is 1. The second-order valence-corrected chi connectivity index (χ2v) is 5.25. The monoisotopic (exact) mass is 301 g/mol. The van der Waals surface area contributed by atoms with E-state index in [2.05, 4.69) is 5.16 Å². The van der Waals surface area contributed by atoms with Gasteiger partial charge in [-0.2, -0.15) is 0 Å². The van der Waals surface area contributed by atoms with Gasteiger partial charge in [0.1, 0.15) is 11.6 Å². The number of benzene rings is 1. The second-order valence-electron chi connectivity index (χ2n) is 4.84. The number of ether oxygens (including phenoxy) is 1. The van der Waals surface area contributed by atoms with Gasteiger partial charge in [-0.25, -0.2) is 0 Å². The van der Waals surface area contributed by atoms with Crippen molar-refractivity contribution in [2.45, 2.75) is 20.3 Å². The summed E-state index contributed by atoms with van der Waals surface area (Å²) >= 11 is 5.90. The molecule has 0 heterocycles. The lowest BCUT2D eigenvalue weighted by molar-refractivity contribution is -0.384. The Balaban J connectivity index is 2.65. The summed E-state index contributed by atoms with van der Waals surface area (Å²) in [6, 6.07) is 3.98. The van der Waals surface area contributed by atoms with Crippen molar-refractivity contribution in [2.24, 2.45) is 16.3 Å². The molecule has 8 heteroatoms. The molecule has 110 valence electrons. The third kappa shape index (κ3) is 3.99. The molecule has 1 aromatic carbocycles. The molecule has 0 spiro atoms. The van der Waals surface area contributed by atoms with E-state index in [9.17, 15) is 10.1 Å². The number of halogens is 1. The molecule has 0 aromatic heterocycles. The van der Waals surface area contributed by atoms with Crippen LogP contribution in [0.15, 0.2) is 23.4 Å². The predicted octanol–water partition coefficient (Wildman–Crippen LogP) is 2.79. The fraction of sp³-hybridized carbons (Fsp3) is 0.417. The summed E-state index contributed by atoms with van der Waals surface area (Å²) in [4.78, 5) is 10.0. The van der Waals surface area contributed by atoms with Gasteiger partial charge in [-0.05, 0) is 12.5 Å². The highest BCUT2D eigenvalue weighted by molar-refractivity contribution is 6.32. The highest BCUT2D eigenvalue weighted by atomic mass is 35.5. The van der Waals surface area contributed by atoms with Crippen LogP contribution in [0.2, 0.25) is 5.02 Å². The van der Waals surface area contributed by atoms with Gasteiger partial charge in [0.05, 0.1) is 16.6 Å². The standard InChI is InChI=1S/C12H16ClN3O4/c1-12(2,11(14)15-17)5-6-20-10-4-3-8(16(18)19)7-9(10)13/h3-4,7,17H,5-6H2,1-2H3,(H2,14,15). The van der Waals surface area contributed by atoms with Crippen LogP contribution in [-0.2, 0) is 0 Å². The number of oxime groups is 1. The summed E-state index contributed by atoms with van der Waals surface area (Å²) in [7, 11) is 0. The molecule has 7 nitrogen and oxygen atoms in total. The van der Waals surface area contributed by atoms with Crippen molar-refractivity contribution in [2.75, 3.05) is 6.61 Å². The molecule has 0 aliphatic rings. The zero-order chi connectivity index (χ0) is 15.3. The zero-order valence-electron chi connectivity index (χ0n) is 11.2. The molecule has 1 rings (SSSR count). The maximum Gasteiger partial charge on any atom is 0.271 e. The van der Waals surface area contributed by atoms with Crippen molar-refractivity contribution in [3.63, 3.8) is 0 Å². The Kier molecular flexibility index (Phi) is 5.15. The predicted molar refractivity (Wildman–Crippen MR) is 75.4 cm³/mol. The van der Waals surface area contributed by atoms with E-state index >= 15 is 0 Å². The number of nitrogens with two attached hydrogens (primary N) is 1. The Hall–Kier alpha value is -2.02. The number of nitro groups is 1. The molecule has 20 heavy (non-hydrogen) atoms. The number of nitrogens with zero attached hydrogens (tertiary/aromatic N) is 2. The van der Waals surface area contributed by atoms with Crippen LogP contribution in [-0.4, -0.2) is 22.6 Å². The third-order valence-electron chi connectivity index (χ3n) is 2.91. The van der Waals surface area contributed by atoms with Gasteiger partial charge in [-0.15, -0.1) is 0 Å². The normalized spacial score (nSPS) is 12.2. The molecule has 0 bridgehead atoms. The first-order chi connectivity index (χ1) is 9.27. The Morgan fingerprint density at radius 3 is 2.75 bits per heavy atom. The van der Waals surface area contributed by atoms with Crippen LogP contribution in [0.4, 0.5) is 5.69 Å². The molecule has 0 atom stereocenters. The topological polar surface area (TPSA) is 111 Å². The third-order valence-corrected chi connectivity index (χ3v) is 3.21. The lowest BCUT2D eigenvalue weighted by atomic mass is 9.88. The summed E-state index contributed by atoms with van der Waals surface area (Å²) in [6.07, 6.45) is 0.496. The van der Waals surface area contributed by atoms with Gasteiger partial charge in [-0.1, -0.05) is 30.6 Å². The van der Waals surface area contributed by atoms with Crippen LogP contribution in [0, 0.1) is 15.5 Å². The summed E-state index contributed by atoms with van der Waals surface area (Å²) in [5.74, 6) is 0.462. The van der Waals surface area contributed by atoms with Crippen molar-refractivity contribution in [1.29, 1.82) is 0 Å². The number of hydrogen-bond acceptors (Lipinski definition) is 5. The van der Waals surface area contributed by atoms with E-state index in [1.807, 2.05) is 13.8 Å². The molecule has 3 N–H and O–H groups in total. The first kappa shape index (κ1) is 16.0. The summed E-state index contributed by atoms with van der Waals surface area (Å²) < 4.78 is 5.46. The summed E-state index contributed by atoms with van der Waals surface area (Å²) in [6.45, 7) is 3.90. The molecule has 0 aliphatic heterocycles. The molecule has 0 amide bonds. The van der Waals surface area contributed by atoms with Gasteiger partial charge >= 0.3 is 0 Å². The van der Waals surface area contributed by atoms with Gasteiger partial charge in [0.25, 0.3) is 5.69 Å². The van der Waals surface area contributed by atoms with E-state index in [-0.39, 0.29) is 23.2 Å². The van der Waals surface area contributed by atoms with E-state index < -0.39 is 10.3 Å². The van der Waals surface area contributed by atoms with Crippen molar-refractivity contribution >= 4 is 23.1 Å². The van der Waals surface area contributed by atoms with Crippen molar-refractivity contribution in [3.8, 4) is 5.75 Å². The average molecular weight is 302 g/mol. The first-order valence-corrected chi connectivity index (χ1v) is 6.20. The van der Waals surface area contributed by atoms with Gasteiger partial charge in [0.2, 0.25) is 0 Å². The quantitative estimate of drug-likeness (QED) is 0.276. The molecule has 0 unspecified atom stereocenters. The molecular weight excluding hydrogens is 286 g/mol. The molecule has 0 fully saturated rings. The van der Waals surface area contributed by atoms with E-state index in [1.54, 1.807) is 0 Å². The number of rotatable bonds is 6. The highest BCUT2D eigenvalue weighted by Crippen LogP contribution is 2.29. The number of nitro benzene ring substituents is 1. The lowest BCUT2D eigenvalue weighted by Gasteiger charge is -2.22. The maximum atomic E-state index is 10.6. The Bertz CT molecular complexity index is 531. The Labute approximate surface area is 121 Å². The van der Waals surface area contributed by atoms with E-state index in [4.69, 9.17) is 27.3 Å².